The lowest BCUT2D eigenvalue weighted by atomic mass is 10.2. The van der Waals surface area contributed by atoms with Crippen LogP contribution in [0.5, 0.6) is 11.5 Å². The molecular weight excluding hydrogens is 334 g/mol. The third-order valence-electron chi connectivity index (χ3n) is 3.61. The summed E-state index contributed by atoms with van der Waals surface area (Å²) in [6, 6.07) is 13.9. The molecule has 0 bridgehead atoms. The van der Waals surface area contributed by atoms with Crippen LogP contribution in [0.25, 0.3) is 0 Å². The Morgan fingerprint density at radius 1 is 1.04 bits per heavy atom. The highest BCUT2D eigenvalue weighted by atomic mass is 16.5. The number of hydrogen-bond donors (Lipinski definition) is 0. The minimum Gasteiger partial charge on any atom is -0.493 e. The summed E-state index contributed by atoms with van der Waals surface area (Å²) in [5.74, 6) is 0.0466. The number of ether oxygens (including phenoxy) is 3. The predicted molar refractivity (Wildman–Crippen MR) is 98.9 cm³/mol. The third-order valence-corrected chi connectivity index (χ3v) is 3.61. The van der Waals surface area contributed by atoms with Crippen LogP contribution in [0.15, 0.2) is 48.5 Å². The molecule has 0 saturated heterocycles. The molecule has 0 aliphatic carbocycles. The Labute approximate surface area is 153 Å². The molecule has 1 amide bonds. The summed E-state index contributed by atoms with van der Waals surface area (Å²) in [6.07, 6.45) is -0.0205. The molecule has 26 heavy (non-hydrogen) atoms. The van der Waals surface area contributed by atoms with E-state index in [-0.39, 0.29) is 24.2 Å². The summed E-state index contributed by atoms with van der Waals surface area (Å²) in [5, 5.41) is 0. The zero-order chi connectivity index (χ0) is 19.1. The van der Waals surface area contributed by atoms with Gasteiger partial charge in [-0.25, -0.2) is 4.79 Å². The maximum absolute atomic E-state index is 12.2. The van der Waals surface area contributed by atoms with E-state index in [2.05, 4.69) is 0 Å². The molecular formula is C20H23NO5. The van der Waals surface area contributed by atoms with E-state index in [1.54, 1.807) is 31.3 Å². The number of benzene rings is 2. The Morgan fingerprint density at radius 2 is 1.73 bits per heavy atom. The van der Waals surface area contributed by atoms with E-state index in [1.165, 1.54) is 18.1 Å². The number of hydrogen-bond acceptors (Lipinski definition) is 5. The van der Waals surface area contributed by atoms with E-state index < -0.39 is 5.97 Å². The van der Waals surface area contributed by atoms with Crippen molar-refractivity contribution in [3.63, 3.8) is 0 Å². The van der Waals surface area contributed by atoms with Gasteiger partial charge in [0.1, 0.15) is 0 Å². The zero-order valence-electron chi connectivity index (χ0n) is 15.4. The molecule has 0 radical (unpaired) electrons. The highest BCUT2D eigenvalue weighted by Gasteiger charge is 2.17. The van der Waals surface area contributed by atoms with Crippen molar-refractivity contribution in [3.8, 4) is 11.5 Å². The second kappa shape index (κ2) is 8.89. The smallest absolute Gasteiger partial charge is 0.338 e. The van der Waals surface area contributed by atoms with Crippen LogP contribution in [0.4, 0.5) is 5.69 Å². The molecule has 0 unspecified atom stereocenters. The largest absolute Gasteiger partial charge is 0.493 e. The summed E-state index contributed by atoms with van der Waals surface area (Å²) in [6.45, 7) is 3.45. The number of anilines is 1. The van der Waals surface area contributed by atoms with Crippen LogP contribution in [-0.2, 0) is 9.53 Å². The fraction of sp³-hybridized carbons (Fsp3) is 0.300. The van der Waals surface area contributed by atoms with Gasteiger partial charge in [0.05, 0.1) is 18.8 Å². The van der Waals surface area contributed by atoms with Gasteiger partial charge in [0.25, 0.3) is 5.91 Å². The molecule has 0 aliphatic rings. The minimum atomic E-state index is -0.603. The number of carbonyl (C=O) groups is 2. The van der Waals surface area contributed by atoms with Crippen LogP contribution in [-0.4, -0.2) is 38.7 Å². The fourth-order valence-corrected chi connectivity index (χ4v) is 2.25. The van der Waals surface area contributed by atoms with E-state index in [1.807, 2.05) is 32.0 Å². The maximum atomic E-state index is 12.2. The number of esters is 1. The van der Waals surface area contributed by atoms with Gasteiger partial charge < -0.3 is 19.1 Å². The average molecular weight is 357 g/mol. The zero-order valence-corrected chi connectivity index (χ0v) is 15.4. The topological polar surface area (TPSA) is 65.1 Å². The number of likely N-dealkylation sites (N-methyl/N-ethyl adjacent to an activating group) is 1. The molecule has 138 valence electrons. The first kappa shape index (κ1) is 19.3. The van der Waals surface area contributed by atoms with Gasteiger partial charge in [0.15, 0.2) is 18.1 Å². The van der Waals surface area contributed by atoms with Gasteiger partial charge in [-0.1, -0.05) is 18.2 Å². The molecule has 2 aromatic rings. The van der Waals surface area contributed by atoms with Crippen molar-refractivity contribution in [1.82, 2.24) is 0 Å². The first-order chi connectivity index (χ1) is 12.4. The first-order valence-electron chi connectivity index (χ1n) is 8.25. The number of carbonyl (C=O) groups excluding carboxylic acids is 2. The van der Waals surface area contributed by atoms with Crippen molar-refractivity contribution in [3.05, 3.63) is 54.1 Å². The predicted octanol–water partition coefficient (Wildman–Crippen LogP) is 3.30. The lowest BCUT2D eigenvalue weighted by molar-refractivity contribution is -0.121. The van der Waals surface area contributed by atoms with Gasteiger partial charge in [0.2, 0.25) is 0 Å². The minimum absolute atomic E-state index is 0.0205. The van der Waals surface area contributed by atoms with E-state index in [0.717, 1.165) is 5.69 Å². The molecule has 0 aromatic heterocycles. The number of nitrogens with zero attached hydrogens (tertiary/aromatic N) is 1. The normalized spacial score (nSPS) is 10.3. The Balaban J connectivity index is 2.00. The van der Waals surface area contributed by atoms with Gasteiger partial charge in [-0.05, 0) is 44.2 Å². The van der Waals surface area contributed by atoms with Gasteiger partial charge in [-0.15, -0.1) is 0 Å². The van der Waals surface area contributed by atoms with Crippen LogP contribution in [0.3, 0.4) is 0 Å². The maximum Gasteiger partial charge on any atom is 0.338 e. The number of methoxy groups -OCH3 is 1. The van der Waals surface area contributed by atoms with Gasteiger partial charge in [-0.3, -0.25) is 4.79 Å². The van der Waals surface area contributed by atoms with E-state index >= 15 is 0 Å². The molecule has 0 fully saturated rings. The first-order valence-corrected chi connectivity index (χ1v) is 8.25. The molecule has 0 spiro atoms. The molecule has 2 aromatic carbocycles. The summed E-state index contributed by atoms with van der Waals surface area (Å²) in [7, 11) is 3.13. The molecule has 0 N–H and O–H groups in total. The average Bonchev–Trinajstić information content (AvgIpc) is 2.65. The summed E-state index contributed by atoms with van der Waals surface area (Å²) < 4.78 is 16.0. The van der Waals surface area contributed by atoms with E-state index in [9.17, 15) is 9.59 Å². The standard InChI is InChI=1S/C20H23NO5/c1-14(2)26-17-11-10-15(12-18(17)24-4)20(23)25-13-19(22)21(3)16-8-6-5-7-9-16/h5-12,14H,13H2,1-4H3. The van der Waals surface area contributed by atoms with Gasteiger partial charge in [-0.2, -0.15) is 0 Å². The van der Waals surface area contributed by atoms with Crippen LogP contribution < -0.4 is 14.4 Å². The molecule has 0 heterocycles. The van der Waals surface area contributed by atoms with Crippen molar-refractivity contribution in [2.24, 2.45) is 0 Å². The summed E-state index contributed by atoms with van der Waals surface area (Å²) in [5.41, 5.74) is 1.01. The number of amides is 1. The molecule has 0 saturated carbocycles. The Morgan fingerprint density at radius 3 is 2.35 bits per heavy atom. The van der Waals surface area contributed by atoms with E-state index in [0.29, 0.717) is 11.5 Å². The molecule has 0 aliphatic heterocycles. The highest BCUT2D eigenvalue weighted by molar-refractivity contribution is 5.96. The van der Waals surface area contributed by atoms with Crippen molar-refractivity contribution in [2.75, 3.05) is 25.7 Å². The highest BCUT2D eigenvalue weighted by Crippen LogP contribution is 2.29. The Kier molecular flexibility index (Phi) is 6.60. The van der Waals surface area contributed by atoms with Gasteiger partial charge >= 0.3 is 5.97 Å². The third kappa shape index (κ3) is 4.99. The SMILES string of the molecule is COc1cc(C(=O)OCC(=O)N(C)c2ccccc2)ccc1OC(C)C. The monoisotopic (exact) mass is 357 g/mol. The fourth-order valence-electron chi connectivity index (χ4n) is 2.25. The lowest BCUT2D eigenvalue weighted by Gasteiger charge is -2.17. The van der Waals surface area contributed by atoms with Crippen molar-refractivity contribution >= 4 is 17.6 Å². The van der Waals surface area contributed by atoms with Crippen molar-refractivity contribution < 1.29 is 23.8 Å². The summed E-state index contributed by atoms with van der Waals surface area (Å²) >= 11 is 0. The number of para-hydroxylation sites is 1. The Hall–Kier alpha value is -3.02. The molecule has 6 nitrogen and oxygen atoms in total. The molecule has 2 rings (SSSR count). The van der Waals surface area contributed by atoms with Crippen molar-refractivity contribution in [1.29, 1.82) is 0 Å². The second-order valence-corrected chi connectivity index (χ2v) is 5.90. The number of rotatable bonds is 7. The lowest BCUT2D eigenvalue weighted by Crippen LogP contribution is -2.31. The van der Waals surface area contributed by atoms with Crippen LogP contribution >= 0.6 is 0 Å². The Bertz CT molecular complexity index is 758. The second-order valence-electron chi connectivity index (χ2n) is 5.90. The molecule has 0 atom stereocenters. The van der Waals surface area contributed by atoms with E-state index in [4.69, 9.17) is 14.2 Å². The van der Waals surface area contributed by atoms with Crippen LogP contribution in [0.2, 0.25) is 0 Å². The van der Waals surface area contributed by atoms with Crippen molar-refractivity contribution in [2.45, 2.75) is 20.0 Å². The van der Waals surface area contributed by atoms with Crippen LogP contribution in [0, 0.1) is 0 Å². The quantitative estimate of drug-likeness (QED) is 0.712. The van der Waals surface area contributed by atoms with Gasteiger partial charge in [0, 0.05) is 12.7 Å². The molecule has 6 heteroatoms. The van der Waals surface area contributed by atoms with Crippen LogP contribution in [0.1, 0.15) is 24.2 Å². The summed E-state index contributed by atoms with van der Waals surface area (Å²) in [4.78, 5) is 25.8.